The summed E-state index contributed by atoms with van der Waals surface area (Å²) in [6.45, 7) is 1.99. The van der Waals surface area contributed by atoms with Crippen LogP contribution in [-0.2, 0) is 16.0 Å². The Bertz CT molecular complexity index is 874. The van der Waals surface area contributed by atoms with Crippen LogP contribution in [0, 0.1) is 21.4 Å². The number of benzene rings is 2. The Morgan fingerprint density at radius 2 is 1.85 bits per heavy atom. The average Bonchev–Trinajstić information content (AvgIpc) is 3.19. The van der Waals surface area contributed by atoms with Crippen LogP contribution < -0.4 is 0 Å². The molecule has 1 fully saturated rings. The van der Waals surface area contributed by atoms with E-state index in [1.54, 1.807) is 24.3 Å². The summed E-state index contributed by atoms with van der Waals surface area (Å²) in [5.41, 5.74) is 2.11. The number of esters is 1. The number of hydrogen-bond donors (Lipinski definition) is 0. The van der Waals surface area contributed by atoms with Gasteiger partial charge in [-0.2, -0.15) is 0 Å². The van der Waals surface area contributed by atoms with E-state index < -0.39 is 10.3 Å². The minimum Gasteiger partial charge on any atom is -0.468 e. The molecule has 26 heavy (non-hydrogen) atoms. The molecule has 0 aliphatic heterocycles. The number of ether oxygens (including phenoxy) is 1. The molecule has 3 rings (SSSR count). The quantitative estimate of drug-likeness (QED) is 0.434. The number of hydrogen-bond acceptors (Lipinski definition) is 4. The molecule has 0 amide bonds. The normalized spacial score (nSPS) is 22.9. The number of nitro groups is 1. The van der Waals surface area contributed by atoms with Crippen LogP contribution in [0.1, 0.15) is 18.1 Å². The predicted octanol–water partition coefficient (Wildman–Crippen LogP) is 4.68. The molecule has 0 N–H and O–H groups in total. The first-order valence-electron chi connectivity index (χ1n) is 8.18. The lowest BCUT2D eigenvalue weighted by molar-refractivity contribution is -0.384. The van der Waals surface area contributed by atoms with Crippen molar-refractivity contribution >= 4 is 29.3 Å². The molecule has 2 aromatic rings. The fourth-order valence-corrected chi connectivity index (χ4v) is 3.55. The first-order chi connectivity index (χ1) is 12.4. The minimum atomic E-state index is -0.732. The van der Waals surface area contributed by atoms with Crippen LogP contribution in [0.25, 0.3) is 6.08 Å². The van der Waals surface area contributed by atoms with Gasteiger partial charge in [-0.25, -0.2) is 0 Å². The smallest absolute Gasteiger partial charge is 0.316 e. The van der Waals surface area contributed by atoms with Gasteiger partial charge in [0.25, 0.3) is 5.69 Å². The third kappa shape index (κ3) is 3.22. The lowest BCUT2D eigenvalue weighted by Crippen LogP contribution is -2.22. The van der Waals surface area contributed by atoms with Gasteiger partial charge in [-0.05, 0) is 41.2 Å². The molecule has 1 saturated carbocycles. The van der Waals surface area contributed by atoms with Crippen molar-refractivity contribution in [3.8, 4) is 0 Å². The second kappa shape index (κ2) is 6.92. The molecule has 0 heterocycles. The number of halogens is 1. The summed E-state index contributed by atoms with van der Waals surface area (Å²) >= 11 is 5.92. The van der Waals surface area contributed by atoms with Crippen molar-refractivity contribution in [1.82, 2.24) is 0 Å². The molecule has 0 aromatic heterocycles. The van der Waals surface area contributed by atoms with Crippen LogP contribution >= 0.6 is 11.6 Å². The molecule has 2 aromatic carbocycles. The maximum atomic E-state index is 12.5. The highest BCUT2D eigenvalue weighted by Gasteiger charge is 2.63. The van der Waals surface area contributed by atoms with Gasteiger partial charge in [0.15, 0.2) is 0 Å². The fourth-order valence-electron chi connectivity index (χ4n) is 3.42. The highest BCUT2D eigenvalue weighted by molar-refractivity contribution is 6.30. The van der Waals surface area contributed by atoms with E-state index in [0.29, 0.717) is 11.4 Å². The third-order valence-corrected chi connectivity index (χ3v) is 5.26. The van der Waals surface area contributed by atoms with E-state index in [0.717, 1.165) is 16.7 Å². The number of rotatable bonds is 5. The lowest BCUT2D eigenvalue weighted by atomic mass is 9.93. The van der Waals surface area contributed by atoms with Crippen LogP contribution in [0.3, 0.4) is 0 Å². The molecule has 1 aliphatic rings. The van der Waals surface area contributed by atoms with E-state index in [-0.39, 0.29) is 17.6 Å². The van der Waals surface area contributed by atoms with Gasteiger partial charge in [0.2, 0.25) is 0 Å². The Hall–Kier alpha value is -2.66. The number of non-ortho nitro benzene ring substituents is 1. The summed E-state index contributed by atoms with van der Waals surface area (Å²) in [5.74, 6) is -0.260. The van der Waals surface area contributed by atoms with E-state index in [1.165, 1.54) is 19.2 Å². The molecule has 134 valence electrons. The van der Waals surface area contributed by atoms with Gasteiger partial charge in [-0.3, -0.25) is 14.9 Å². The molecule has 0 bridgehead atoms. The van der Waals surface area contributed by atoms with Crippen molar-refractivity contribution in [2.24, 2.45) is 11.3 Å². The van der Waals surface area contributed by atoms with E-state index >= 15 is 0 Å². The molecule has 0 unspecified atom stereocenters. The van der Waals surface area contributed by atoms with Crippen LogP contribution in [0.5, 0.6) is 0 Å². The fraction of sp³-hybridized carbons (Fsp3) is 0.250. The van der Waals surface area contributed by atoms with E-state index in [4.69, 9.17) is 16.3 Å². The Kier molecular flexibility index (Phi) is 4.83. The van der Waals surface area contributed by atoms with Gasteiger partial charge < -0.3 is 4.74 Å². The zero-order chi connectivity index (χ0) is 18.9. The van der Waals surface area contributed by atoms with E-state index in [9.17, 15) is 14.9 Å². The summed E-state index contributed by atoms with van der Waals surface area (Å²) in [6.07, 6.45) is 2.43. The van der Waals surface area contributed by atoms with Crippen molar-refractivity contribution in [3.63, 3.8) is 0 Å². The highest BCUT2D eigenvalue weighted by Crippen LogP contribution is 2.61. The van der Waals surface area contributed by atoms with Crippen molar-refractivity contribution in [2.75, 3.05) is 7.11 Å². The summed E-state index contributed by atoms with van der Waals surface area (Å²) in [4.78, 5) is 22.9. The highest BCUT2D eigenvalue weighted by atomic mass is 35.5. The lowest BCUT2D eigenvalue weighted by Gasteiger charge is -2.13. The van der Waals surface area contributed by atoms with Crippen molar-refractivity contribution in [2.45, 2.75) is 13.3 Å². The largest absolute Gasteiger partial charge is 0.468 e. The number of carbonyl (C=O) groups is 1. The third-order valence-electron chi connectivity index (χ3n) is 5.01. The molecule has 0 saturated heterocycles. The molecular formula is C20H18ClNO4. The zero-order valence-electron chi connectivity index (χ0n) is 14.4. The van der Waals surface area contributed by atoms with Crippen molar-refractivity contribution in [3.05, 3.63) is 80.4 Å². The van der Waals surface area contributed by atoms with E-state index in [2.05, 4.69) is 0 Å². The molecule has 5 nitrogen and oxygen atoms in total. The Morgan fingerprint density at radius 1 is 1.23 bits per heavy atom. The first-order valence-corrected chi connectivity index (χ1v) is 8.55. The zero-order valence-corrected chi connectivity index (χ0v) is 15.2. The maximum absolute atomic E-state index is 12.5. The van der Waals surface area contributed by atoms with Crippen LogP contribution in [-0.4, -0.2) is 18.0 Å². The molecular weight excluding hydrogens is 354 g/mol. The molecule has 2 atom stereocenters. The molecule has 1 aliphatic carbocycles. The topological polar surface area (TPSA) is 69.4 Å². The van der Waals surface area contributed by atoms with Gasteiger partial charge in [-0.15, -0.1) is 0 Å². The van der Waals surface area contributed by atoms with Gasteiger partial charge in [-0.1, -0.05) is 48.9 Å². The van der Waals surface area contributed by atoms with E-state index in [1.807, 2.05) is 25.1 Å². The van der Waals surface area contributed by atoms with Gasteiger partial charge >= 0.3 is 5.97 Å². The van der Waals surface area contributed by atoms with Crippen molar-refractivity contribution < 1.29 is 14.5 Å². The Labute approximate surface area is 156 Å². The monoisotopic (exact) mass is 371 g/mol. The van der Waals surface area contributed by atoms with Crippen LogP contribution in [0.15, 0.2) is 54.1 Å². The minimum absolute atomic E-state index is 0.0285. The second-order valence-electron chi connectivity index (χ2n) is 6.44. The standard InChI is InChI=1S/C20H18ClNO4/c1-13-18(11-14-3-7-16(21)8-4-14)20(13,19(23)26-2)12-15-5-9-17(10-6-15)22(24)25/h3-11,13H,12H2,1-2H3/b18-11+/t13-,20-/m1/s1. The first kappa shape index (κ1) is 18.1. The SMILES string of the molecule is COC(=O)[C@@]1(Cc2ccc([N+](=O)[O-])cc2)/C(=C/c2ccc(Cl)cc2)[C@H]1C. The van der Waals surface area contributed by atoms with Gasteiger partial charge in [0.05, 0.1) is 17.4 Å². The number of nitrogens with zero attached hydrogens (tertiary/aromatic N) is 1. The summed E-state index contributed by atoms with van der Waals surface area (Å²) in [7, 11) is 1.38. The number of nitro benzene ring substituents is 1. The predicted molar refractivity (Wildman–Crippen MR) is 99.8 cm³/mol. The second-order valence-corrected chi connectivity index (χ2v) is 6.87. The average molecular weight is 372 g/mol. The molecule has 0 spiro atoms. The maximum Gasteiger partial charge on any atom is 0.316 e. The summed E-state index contributed by atoms with van der Waals surface area (Å²) in [5, 5.41) is 11.5. The summed E-state index contributed by atoms with van der Waals surface area (Å²) < 4.78 is 5.06. The molecule has 6 heteroatoms. The Morgan fingerprint density at radius 3 is 2.38 bits per heavy atom. The van der Waals surface area contributed by atoms with Crippen LogP contribution in [0.4, 0.5) is 5.69 Å². The van der Waals surface area contributed by atoms with Crippen LogP contribution in [0.2, 0.25) is 5.02 Å². The molecule has 0 radical (unpaired) electrons. The van der Waals surface area contributed by atoms with Gasteiger partial charge in [0.1, 0.15) is 0 Å². The Balaban J connectivity index is 1.91. The number of methoxy groups -OCH3 is 1. The number of carbonyl (C=O) groups excluding carboxylic acids is 1. The summed E-state index contributed by atoms with van der Waals surface area (Å²) in [6, 6.07) is 13.7. The van der Waals surface area contributed by atoms with Crippen molar-refractivity contribution in [1.29, 1.82) is 0 Å². The van der Waals surface area contributed by atoms with Gasteiger partial charge in [0, 0.05) is 17.2 Å².